The van der Waals surface area contributed by atoms with E-state index < -0.39 is 0 Å². The van der Waals surface area contributed by atoms with Gasteiger partial charge in [-0.3, -0.25) is 4.90 Å². The van der Waals surface area contributed by atoms with Crippen LogP contribution in [0.2, 0.25) is 0 Å². The van der Waals surface area contributed by atoms with Gasteiger partial charge in [0.05, 0.1) is 0 Å². The lowest BCUT2D eigenvalue weighted by Gasteiger charge is -2.37. The van der Waals surface area contributed by atoms with E-state index in [1.54, 1.807) is 0 Å². The Hall–Kier alpha value is -0.120. The molecule has 1 rings (SSSR count). The number of nitrogens with one attached hydrogen (secondary N) is 1. The summed E-state index contributed by atoms with van der Waals surface area (Å²) in [5.41, 5.74) is 0. The second-order valence-corrected chi connectivity index (χ2v) is 5.91. The maximum atomic E-state index is 3.61. The lowest BCUT2D eigenvalue weighted by molar-refractivity contribution is 0.136. The molecule has 0 bridgehead atoms. The molecule has 1 heterocycles. The molecule has 2 unspecified atom stereocenters. The van der Waals surface area contributed by atoms with Crippen molar-refractivity contribution in [1.82, 2.24) is 15.1 Å². The maximum absolute atomic E-state index is 3.61. The largest absolute Gasteiger partial charge is 0.313 e. The molecule has 0 aromatic carbocycles. The Morgan fingerprint density at radius 1 is 1.26 bits per heavy atom. The van der Waals surface area contributed by atoms with E-state index in [0.29, 0.717) is 0 Å². The van der Waals surface area contributed by atoms with Gasteiger partial charge in [-0.1, -0.05) is 20.8 Å². The standard InChI is InChI=1S/C16H35N3/c1-5-17-16-11-9-13-19(14-16)15(4)10-8-12-18(6-2)7-3/h15-17H,5-14H2,1-4H3. The van der Waals surface area contributed by atoms with Crippen LogP contribution < -0.4 is 5.32 Å². The van der Waals surface area contributed by atoms with Gasteiger partial charge in [-0.25, -0.2) is 0 Å². The summed E-state index contributed by atoms with van der Waals surface area (Å²) in [4.78, 5) is 5.23. The second-order valence-electron chi connectivity index (χ2n) is 5.91. The SMILES string of the molecule is CCNC1CCCN(C(C)CCCN(CC)CC)C1. The van der Waals surface area contributed by atoms with Crippen LogP contribution in [-0.4, -0.2) is 61.2 Å². The van der Waals surface area contributed by atoms with Crippen LogP contribution in [-0.2, 0) is 0 Å². The molecule has 19 heavy (non-hydrogen) atoms. The summed E-state index contributed by atoms with van der Waals surface area (Å²) in [7, 11) is 0. The highest BCUT2D eigenvalue weighted by molar-refractivity contribution is 4.81. The Balaban J connectivity index is 2.22. The van der Waals surface area contributed by atoms with Crippen molar-refractivity contribution in [2.75, 3.05) is 39.3 Å². The van der Waals surface area contributed by atoms with E-state index in [-0.39, 0.29) is 0 Å². The van der Waals surface area contributed by atoms with Crippen molar-refractivity contribution >= 4 is 0 Å². The third-order valence-corrected chi connectivity index (χ3v) is 4.56. The minimum Gasteiger partial charge on any atom is -0.313 e. The van der Waals surface area contributed by atoms with E-state index in [4.69, 9.17) is 0 Å². The van der Waals surface area contributed by atoms with Gasteiger partial charge in [0.25, 0.3) is 0 Å². The molecule has 1 fully saturated rings. The summed E-state index contributed by atoms with van der Waals surface area (Å²) in [5, 5.41) is 3.61. The first-order chi connectivity index (χ1) is 9.21. The summed E-state index contributed by atoms with van der Waals surface area (Å²) < 4.78 is 0. The molecule has 3 heteroatoms. The Morgan fingerprint density at radius 2 is 2.00 bits per heavy atom. The lowest BCUT2D eigenvalue weighted by Crippen LogP contribution is -2.48. The summed E-state index contributed by atoms with van der Waals surface area (Å²) >= 11 is 0. The highest BCUT2D eigenvalue weighted by Gasteiger charge is 2.22. The third kappa shape index (κ3) is 6.24. The van der Waals surface area contributed by atoms with Crippen molar-refractivity contribution in [2.24, 2.45) is 0 Å². The van der Waals surface area contributed by atoms with Crippen LogP contribution >= 0.6 is 0 Å². The molecule has 0 saturated carbocycles. The van der Waals surface area contributed by atoms with Crippen molar-refractivity contribution in [3.8, 4) is 0 Å². The van der Waals surface area contributed by atoms with Crippen LogP contribution in [0, 0.1) is 0 Å². The van der Waals surface area contributed by atoms with Crippen LogP contribution in [0.5, 0.6) is 0 Å². The Bertz CT molecular complexity index is 214. The highest BCUT2D eigenvalue weighted by Crippen LogP contribution is 2.16. The number of nitrogens with zero attached hydrogens (tertiary/aromatic N) is 2. The molecular formula is C16H35N3. The zero-order valence-corrected chi connectivity index (χ0v) is 13.6. The molecule has 3 nitrogen and oxygen atoms in total. The summed E-state index contributed by atoms with van der Waals surface area (Å²) in [6.07, 6.45) is 5.40. The number of rotatable bonds is 9. The van der Waals surface area contributed by atoms with Crippen molar-refractivity contribution in [2.45, 2.75) is 65.5 Å². The molecule has 0 spiro atoms. The van der Waals surface area contributed by atoms with Crippen molar-refractivity contribution in [3.63, 3.8) is 0 Å². The van der Waals surface area contributed by atoms with Gasteiger partial charge in [0.15, 0.2) is 0 Å². The minimum atomic E-state index is 0.726. The molecule has 0 aliphatic carbocycles. The smallest absolute Gasteiger partial charge is 0.0195 e. The van der Waals surface area contributed by atoms with Crippen LogP contribution in [0.25, 0.3) is 0 Å². The summed E-state index contributed by atoms with van der Waals surface area (Å²) in [6, 6.07) is 1.47. The number of likely N-dealkylation sites (tertiary alicyclic amines) is 1. The molecular weight excluding hydrogens is 234 g/mol. The molecule has 0 radical (unpaired) electrons. The van der Waals surface area contributed by atoms with E-state index >= 15 is 0 Å². The monoisotopic (exact) mass is 269 g/mol. The lowest BCUT2D eigenvalue weighted by atomic mass is 10.0. The van der Waals surface area contributed by atoms with Crippen molar-refractivity contribution in [3.05, 3.63) is 0 Å². The minimum absolute atomic E-state index is 0.726. The summed E-state index contributed by atoms with van der Waals surface area (Å²) in [5.74, 6) is 0. The fourth-order valence-corrected chi connectivity index (χ4v) is 3.19. The molecule has 114 valence electrons. The van der Waals surface area contributed by atoms with E-state index in [2.05, 4.69) is 42.8 Å². The highest BCUT2D eigenvalue weighted by atomic mass is 15.2. The van der Waals surface area contributed by atoms with E-state index in [9.17, 15) is 0 Å². The first-order valence-corrected chi connectivity index (χ1v) is 8.40. The molecule has 0 aromatic heterocycles. The van der Waals surface area contributed by atoms with Gasteiger partial charge < -0.3 is 10.2 Å². The normalized spacial score (nSPS) is 22.9. The number of hydrogen-bond acceptors (Lipinski definition) is 3. The second kappa shape index (κ2) is 9.73. The average Bonchev–Trinajstić information content (AvgIpc) is 2.44. The van der Waals surface area contributed by atoms with E-state index in [1.807, 2.05) is 0 Å². The topological polar surface area (TPSA) is 18.5 Å². The Kier molecular flexibility index (Phi) is 8.67. The Morgan fingerprint density at radius 3 is 2.63 bits per heavy atom. The zero-order valence-electron chi connectivity index (χ0n) is 13.6. The van der Waals surface area contributed by atoms with Crippen LogP contribution in [0.3, 0.4) is 0 Å². The number of likely N-dealkylation sites (N-methyl/N-ethyl adjacent to an activating group) is 1. The maximum Gasteiger partial charge on any atom is 0.0195 e. The van der Waals surface area contributed by atoms with Gasteiger partial charge in [-0.05, 0) is 65.3 Å². The van der Waals surface area contributed by atoms with Crippen LogP contribution in [0.15, 0.2) is 0 Å². The van der Waals surface area contributed by atoms with Gasteiger partial charge in [-0.15, -0.1) is 0 Å². The summed E-state index contributed by atoms with van der Waals surface area (Å²) in [6.45, 7) is 16.5. The third-order valence-electron chi connectivity index (χ3n) is 4.56. The van der Waals surface area contributed by atoms with Gasteiger partial charge in [-0.2, -0.15) is 0 Å². The van der Waals surface area contributed by atoms with Gasteiger partial charge in [0.1, 0.15) is 0 Å². The van der Waals surface area contributed by atoms with E-state index in [0.717, 1.165) is 18.6 Å². The zero-order chi connectivity index (χ0) is 14.1. The molecule has 1 saturated heterocycles. The molecule has 1 aliphatic rings. The Labute approximate surface area is 120 Å². The van der Waals surface area contributed by atoms with Gasteiger partial charge in [0, 0.05) is 18.6 Å². The van der Waals surface area contributed by atoms with E-state index in [1.165, 1.54) is 58.4 Å². The molecule has 1 aliphatic heterocycles. The van der Waals surface area contributed by atoms with Crippen molar-refractivity contribution in [1.29, 1.82) is 0 Å². The van der Waals surface area contributed by atoms with Crippen LogP contribution in [0.1, 0.15) is 53.4 Å². The molecule has 0 aromatic rings. The van der Waals surface area contributed by atoms with Crippen molar-refractivity contribution < 1.29 is 0 Å². The fourth-order valence-electron chi connectivity index (χ4n) is 3.19. The first-order valence-electron chi connectivity index (χ1n) is 8.40. The van der Waals surface area contributed by atoms with Gasteiger partial charge in [0.2, 0.25) is 0 Å². The predicted octanol–water partition coefficient (Wildman–Crippen LogP) is 2.57. The predicted molar refractivity (Wildman–Crippen MR) is 84.8 cm³/mol. The number of hydrogen-bond donors (Lipinski definition) is 1. The molecule has 0 amide bonds. The average molecular weight is 269 g/mol. The fraction of sp³-hybridized carbons (Fsp3) is 1.00. The quantitative estimate of drug-likeness (QED) is 0.694. The van der Waals surface area contributed by atoms with Gasteiger partial charge >= 0.3 is 0 Å². The van der Waals surface area contributed by atoms with Crippen LogP contribution in [0.4, 0.5) is 0 Å². The molecule has 2 atom stereocenters. The first kappa shape index (κ1) is 16.9. The number of piperidine rings is 1. The molecule has 1 N–H and O–H groups in total.